The van der Waals surface area contributed by atoms with E-state index in [9.17, 15) is 4.39 Å². The zero-order chi connectivity index (χ0) is 53.5. The molecule has 0 bridgehead atoms. The number of hydrogen-bond acceptors (Lipinski definition) is 4. The van der Waals surface area contributed by atoms with Crippen molar-refractivity contribution in [3.05, 3.63) is 223 Å². The van der Waals surface area contributed by atoms with Crippen molar-refractivity contribution in [1.29, 1.82) is 0 Å². The van der Waals surface area contributed by atoms with Crippen molar-refractivity contribution < 1.29 is 30.2 Å². The van der Waals surface area contributed by atoms with Gasteiger partial charge in [0.25, 0.3) is 0 Å². The molecular formula is C70H66FN4OPt-3. The summed E-state index contributed by atoms with van der Waals surface area (Å²) < 4.78 is 24.1. The van der Waals surface area contributed by atoms with Gasteiger partial charge in [-0.05, 0) is 121 Å². The molecular weight excluding hydrogens is 1130 g/mol. The number of benzene rings is 8. The number of aromatic nitrogens is 2. The number of hydrogen-bond donors (Lipinski definition) is 0. The van der Waals surface area contributed by atoms with Gasteiger partial charge in [-0.1, -0.05) is 180 Å². The van der Waals surface area contributed by atoms with Crippen LogP contribution in [0.25, 0.3) is 61.0 Å². The smallest absolute Gasteiger partial charge is 0.135 e. The minimum Gasteiger partial charge on any atom is -0.509 e. The summed E-state index contributed by atoms with van der Waals surface area (Å²) in [5, 5.41) is 2.19. The monoisotopic (exact) mass is 1190 g/mol. The Morgan fingerprint density at radius 1 is 0.468 bits per heavy atom. The van der Waals surface area contributed by atoms with E-state index in [0.717, 1.165) is 89.3 Å². The van der Waals surface area contributed by atoms with Crippen molar-refractivity contribution in [2.45, 2.75) is 105 Å². The number of ether oxygens (including phenoxy) is 1. The molecule has 0 radical (unpaired) electrons. The Hall–Kier alpha value is -7.27. The minimum atomic E-state index is -0.281. The molecule has 0 spiro atoms. The van der Waals surface area contributed by atoms with Crippen LogP contribution in [-0.4, -0.2) is 9.55 Å². The van der Waals surface area contributed by atoms with Crippen LogP contribution in [0.1, 0.15) is 105 Å². The van der Waals surface area contributed by atoms with Crippen molar-refractivity contribution in [2.75, 3.05) is 9.80 Å². The summed E-state index contributed by atoms with van der Waals surface area (Å²) >= 11 is 0. The molecule has 0 atom stereocenters. The van der Waals surface area contributed by atoms with Crippen LogP contribution in [-0.2, 0) is 42.7 Å². The topological polar surface area (TPSA) is 33.5 Å². The van der Waals surface area contributed by atoms with Crippen LogP contribution < -0.4 is 14.5 Å². The number of pyridine rings is 1. The summed E-state index contributed by atoms with van der Waals surface area (Å²) in [7, 11) is 0. The predicted octanol–water partition coefficient (Wildman–Crippen LogP) is 19.3. The summed E-state index contributed by atoms with van der Waals surface area (Å²) in [5.41, 5.74) is 16.2. The Morgan fingerprint density at radius 2 is 1.05 bits per heavy atom. The SMILES string of the molecule is CC(C)(C)c1cc(Oc2[c-]c3c(cc2)c2ccccc2n3-c2cc(C(C)(C)C)ccn2)[c-]c(N2[CH-]N(c3c(-c4ccc(F)cc4)cc(-c4ccccc4)cc3-c3cc(C(C)(C)C)cc(C(C)(C)C)c3)c3ccccc32)c1.[Pt]. The third-order valence-electron chi connectivity index (χ3n) is 14.8. The van der Waals surface area contributed by atoms with Gasteiger partial charge in [-0.2, -0.15) is 6.07 Å². The van der Waals surface area contributed by atoms with Crippen LogP contribution in [0.5, 0.6) is 11.5 Å². The maximum atomic E-state index is 14.9. The molecule has 0 saturated carbocycles. The van der Waals surface area contributed by atoms with Gasteiger partial charge in [0.2, 0.25) is 0 Å². The van der Waals surface area contributed by atoms with E-state index in [1.54, 1.807) is 12.1 Å². The summed E-state index contributed by atoms with van der Waals surface area (Å²) in [6, 6.07) is 66.4. The summed E-state index contributed by atoms with van der Waals surface area (Å²) in [4.78, 5) is 9.46. The first-order valence-corrected chi connectivity index (χ1v) is 26.4. The van der Waals surface area contributed by atoms with Crippen molar-refractivity contribution in [3.8, 4) is 50.7 Å². The number of nitrogens with zero attached hydrogens (tertiary/aromatic N) is 4. The fraction of sp³-hybridized carbons (Fsp3) is 0.229. The van der Waals surface area contributed by atoms with E-state index in [-0.39, 0.29) is 48.5 Å². The van der Waals surface area contributed by atoms with Gasteiger partial charge in [0.15, 0.2) is 0 Å². The predicted molar refractivity (Wildman–Crippen MR) is 315 cm³/mol. The summed E-state index contributed by atoms with van der Waals surface area (Å²) in [6.07, 6.45) is 1.90. The number of halogens is 1. The molecule has 0 unspecified atom stereocenters. The normalized spacial score (nSPS) is 13.1. The molecule has 1 aliphatic rings. The Balaban J connectivity index is 0.00000672. The van der Waals surface area contributed by atoms with Crippen LogP contribution in [0.2, 0.25) is 0 Å². The molecule has 0 saturated heterocycles. The quantitative estimate of drug-likeness (QED) is 0.142. The van der Waals surface area contributed by atoms with Gasteiger partial charge in [-0.3, -0.25) is 0 Å². The van der Waals surface area contributed by atoms with Crippen molar-refractivity contribution in [1.82, 2.24) is 9.55 Å². The van der Waals surface area contributed by atoms with Crippen LogP contribution in [0, 0.1) is 24.6 Å². The second-order valence-electron chi connectivity index (χ2n) is 24.5. The maximum absolute atomic E-state index is 14.9. The van der Waals surface area contributed by atoms with Crippen LogP contribution in [0.15, 0.2) is 176 Å². The number of fused-ring (bicyclic) bond motifs is 4. The van der Waals surface area contributed by atoms with Gasteiger partial charge >= 0.3 is 0 Å². The molecule has 0 fully saturated rings. The van der Waals surface area contributed by atoms with Crippen LogP contribution in [0.3, 0.4) is 0 Å². The molecule has 2 aromatic heterocycles. The van der Waals surface area contributed by atoms with E-state index in [0.29, 0.717) is 11.5 Å². The third-order valence-corrected chi connectivity index (χ3v) is 14.8. The minimum absolute atomic E-state index is 0. The molecule has 0 aliphatic carbocycles. The molecule has 5 nitrogen and oxygen atoms in total. The molecule has 0 amide bonds. The molecule has 10 aromatic rings. The summed E-state index contributed by atoms with van der Waals surface area (Å²) in [5.74, 6) is 1.70. The van der Waals surface area contributed by atoms with Gasteiger partial charge in [-0.15, -0.1) is 53.6 Å². The Labute approximate surface area is 469 Å². The molecule has 392 valence electrons. The molecule has 77 heavy (non-hydrogen) atoms. The van der Waals surface area contributed by atoms with Gasteiger partial charge in [0, 0.05) is 72.5 Å². The summed E-state index contributed by atoms with van der Waals surface area (Å²) in [6.45, 7) is 29.3. The number of anilines is 4. The van der Waals surface area contributed by atoms with E-state index in [4.69, 9.17) is 9.72 Å². The van der Waals surface area contributed by atoms with Gasteiger partial charge in [0.1, 0.15) is 11.6 Å². The Kier molecular flexibility index (Phi) is 13.8. The standard InChI is InChI=1S/C70H66FN4O.Pt/c1-67(2,3)49-32-33-72-65(41-49)75-61-23-17-16-22-57(61)58-31-30-55(43-64(58)75)76-56-40-52(70(10,11)12)39-54(42-56)73-44-74(63-25-19-18-24-62(63)73)66-59(46-26-28-53(71)29-27-46)36-47(45-20-14-13-15-21-45)37-60(66)48-34-50(68(4,5)6)38-51(35-48)69(7,8)9;/h13-41,44H,1-12H3;/q-3;. The second kappa shape index (κ2) is 19.9. The fourth-order valence-electron chi connectivity index (χ4n) is 10.3. The number of para-hydroxylation sites is 3. The van der Waals surface area contributed by atoms with Gasteiger partial charge in [-0.25, -0.2) is 9.37 Å². The van der Waals surface area contributed by atoms with Crippen LogP contribution in [0.4, 0.5) is 27.1 Å². The zero-order valence-electron chi connectivity index (χ0n) is 46.2. The number of rotatable bonds is 8. The van der Waals surface area contributed by atoms with Crippen LogP contribution >= 0.6 is 0 Å². The average Bonchev–Trinajstić information content (AvgIpc) is 4.11. The van der Waals surface area contributed by atoms with E-state index in [1.165, 1.54) is 16.7 Å². The average molecular weight is 1190 g/mol. The fourth-order valence-corrected chi connectivity index (χ4v) is 10.3. The van der Waals surface area contributed by atoms with E-state index >= 15 is 0 Å². The first-order chi connectivity index (χ1) is 36.1. The molecule has 11 rings (SSSR count). The first kappa shape index (κ1) is 53.1. The third kappa shape index (κ3) is 10.4. The van der Waals surface area contributed by atoms with Crippen molar-refractivity contribution in [2.24, 2.45) is 0 Å². The van der Waals surface area contributed by atoms with Gasteiger partial charge < -0.3 is 19.1 Å². The molecule has 1 aliphatic heterocycles. The zero-order valence-corrected chi connectivity index (χ0v) is 48.5. The molecule has 0 N–H and O–H groups in total. The van der Waals surface area contributed by atoms with Crippen molar-refractivity contribution in [3.63, 3.8) is 0 Å². The Bertz CT molecular complexity index is 3800. The first-order valence-electron chi connectivity index (χ1n) is 26.4. The maximum Gasteiger partial charge on any atom is 0.135 e. The largest absolute Gasteiger partial charge is 0.509 e. The van der Waals surface area contributed by atoms with Crippen molar-refractivity contribution >= 4 is 44.6 Å². The second-order valence-corrected chi connectivity index (χ2v) is 24.5. The molecule has 3 heterocycles. The Morgan fingerprint density at radius 3 is 1.70 bits per heavy atom. The van der Waals surface area contributed by atoms with E-state index < -0.39 is 0 Å². The van der Waals surface area contributed by atoms with Gasteiger partial charge in [0.05, 0.1) is 0 Å². The van der Waals surface area contributed by atoms with E-state index in [1.807, 2.05) is 24.4 Å². The van der Waals surface area contributed by atoms with E-state index in [2.05, 4.69) is 256 Å². The molecule has 8 aromatic carbocycles. The molecule has 7 heteroatoms.